The van der Waals surface area contributed by atoms with Crippen LogP contribution in [0.3, 0.4) is 0 Å². The first-order valence-corrected chi connectivity index (χ1v) is 4.02. The molecule has 0 amide bonds. The SMILES string of the molecule is Cc1cc(Br)cc2ncnn12. The number of hydrogen-bond donors (Lipinski definition) is 0. The zero-order valence-corrected chi connectivity index (χ0v) is 7.54. The monoisotopic (exact) mass is 211 g/mol. The van der Waals surface area contributed by atoms with Crippen LogP contribution in [0.4, 0.5) is 0 Å². The Morgan fingerprint density at radius 2 is 2.27 bits per heavy atom. The largest absolute Gasteiger partial charge is 0.218 e. The summed E-state index contributed by atoms with van der Waals surface area (Å²) in [6, 6.07) is 3.93. The van der Waals surface area contributed by atoms with Gasteiger partial charge in [0, 0.05) is 10.2 Å². The van der Waals surface area contributed by atoms with Gasteiger partial charge in [0.05, 0.1) is 0 Å². The van der Waals surface area contributed by atoms with Gasteiger partial charge in [0.2, 0.25) is 0 Å². The molecule has 11 heavy (non-hydrogen) atoms. The molecular weight excluding hydrogens is 206 g/mol. The Hall–Kier alpha value is -0.900. The molecule has 0 spiro atoms. The van der Waals surface area contributed by atoms with Crippen LogP contribution in [-0.2, 0) is 0 Å². The molecule has 0 aliphatic rings. The molecule has 0 aliphatic heterocycles. The van der Waals surface area contributed by atoms with Crippen LogP contribution in [0.15, 0.2) is 22.9 Å². The maximum Gasteiger partial charge on any atom is 0.156 e. The van der Waals surface area contributed by atoms with Gasteiger partial charge in [-0.25, -0.2) is 9.50 Å². The van der Waals surface area contributed by atoms with Crippen LogP contribution >= 0.6 is 15.9 Å². The van der Waals surface area contributed by atoms with Crippen LogP contribution in [-0.4, -0.2) is 14.6 Å². The Kier molecular flexibility index (Phi) is 1.42. The number of rotatable bonds is 0. The van der Waals surface area contributed by atoms with E-state index >= 15 is 0 Å². The van der Waals surface area contributed by atoms with Crippen LogP contribution in [0.1, 0.15) is 5.69 Å². The number of aromatic nitrogens is 3. The first kappa shape index (κ1) is 6.79. The van der Waals surface area contributed by atoms with Gasteiger partial charge in [-0.1, -0.05) is 15.9 Å². The van der Waals surface area contributed by atoms with Gasteiger partial charge in [0.1, 0.15) is 6.33 Å². The highest BCUT2D eigenvalue weighted by Gasteiger charge is 1.98. The van der Waals surface area contributed by atoms with Gasteiger partial charge in [0.25, 0.3) is 0 Å². The van der Waals surface area contributed by atoms with E-state index in [9.17, 15) is 0 Å². The van der Waals surface area contributed by atoms with Gasteiger partial charge in [-0.15, -0.1) is 0 Å². The molecule has 0 atom stereocenters. The first-order chi connectivity index (χ1) is 5.27. The molecule has 2 aromatic rings. The fourth-order valence-corrected chi connectivity index (χ4v) is 1.58. The third-order valence-electron chi connectivity index (χ3n) is 1.52. The molecule has 4 heteroatoms. The Morgan fingerprint density at radius 3 is 3.09 bits per heavy atom. The lowest BCUT2D eigenvalue weighted by atomic mass is 10.4. The fraction of sp³-hybridized carbons (Fsp3) is 0.143. The summed E-state index contributed by atoms with van der Waals surface area (Å²) >= 11 is 3.39. The van der Waals surface area contributed by atoms with E-state index in [1.54, 1.807) is 10.8 Å². The molecule has 0 fully saturated rings. The van der Waals surface area contributed by atoms with Crippen molar-refractivity contribution < 1.29 is 0 Å². The Bertz CT molecular complexity index is 393. The summed E-state index contributed by atoms with van der Waals surface area (Å²) in [6.07, 6.45) is 1.55. The molecule has 0 radical (unpaired) electrons. The topological polar surface area (TPSA) is 30.2 Å². The van der Waals surface area contributed by atoms with Crippen molar-refractivity contribution >= 4 is 21.6 Å². The van der Waals surface area contributed by atoms with Crippen molar-refractivity contribution in [3.63, 3.8) is 0 Å². The smallest absolute Gasteiger partial charge is 0.156 e. The molecule has 2 heterocycles. The molecule has 2 aromatic heterocycles. The Labute approximate surface area is 72.2 Å². The van der Waals surface area contributed by atoms with Gasteiger partial charge >= 0.3 is 0 Å². The second-order valence-electron chi connectivity index (χ2n) is 2.34. The van der Waals surface area contributed by atoms with Crippen molar-refractivity contribution in [3.05, 3.63) is 28.6 Å². The molecule has 0 unspecified atom stereocenters. The average molecular weight is 212 g/mol. The van der Waals surface area contributed by atoms with E-state index in [1.165, 1.54) is 0 Å². The van der Waals surface area contributed by atoms with Crippen molar-refractivity contribution in [1.82, 2.24) is 14.6 Å². The van der Waals surface area contributed by atoms with Crippen LogP contribution in [0, 0.1) is 6.92 Å². The van der Waals surface area contributed by atoms with E-state index in [2.05, 4.69) is 26.0 Å². The van der Waals surface area contributed by atoms with Crippen molar-refractivity contribution in [2.75, 3.05) is 0 Å². The van der Waals surface area contributed by atoms with Gasteiger partial charge < -0.3 is 0 Å². The lowest BCUT2D eigenvalue weighted by molar-refractivity contribution is 0.913. The quantitative estimate of drug-likeness (QED) is 0.666. The fourth-order valence-electron chi connectivity index (χ4n) is 1.05. The van der Waals surface area contributed by atoms with E-state index in [1.807, 2.05) is 19.1 Å². The standard InChI is InChI=1S/C7H6BrN3/c1-5-2-6(8)3-7-9-4-10-11(5)7/h2-4H,1H3. The zero-order valence-electron chi connectivity index (χ0n) is 5.95. The van der Waals surface area contributed by atoms with Crippen molar-refractivity contribution in [3.8, 4) is 0 Å². The van der Waals surface area contributed by atoms with Gasteiger partial charge in [-0.2, -0.15) is 5.10 Å². The molecule has 0 N–H and O–H groups in total. The van der Waals surface area contributed by atoms with E-state index in [0.29, 0.717) is 0 Å². The van der Waals surface area contributed by atoms with Crippen molar-refractivity contribution in [2.45, 2.75) is 6.92 Å². The van der Waals surface area contributed by atoms with E-state index in [-0.39, 0.29) is 0 Å². The predicted octanol–water partition coefficient (Wildman–Crippen LogP) is 1.80. The van der Waals surface area contributed by atoms with Gasteiger partial charge in [-0.3, -0.25) is 0 Å². The summed E-state index contributed by atoms with van der Waals surface area (Å²) in [7, 11) is 0. The van der Waals surface area contributed by atoms with E-state index in [4.69, 9.17) is 0 Å². The van der Waals surface area contributed by atoms with Crippen LogP contribution < -0.4 is 0 Å². The summed E-state index contributed by atoms with van der Waals surface area (Å²) in [5, 5.41) is 4.04. The third kappa shape index (κ3) is 1.03. The normalized spacial score (nSPS) is 10.7. The number of fused-ring (bicyclic) bond motifs is 1. The summed E-state index contributed by atoms with van der Waals surface area (Å²) < 4.78 is 2.83. The number of hydrogen-bond acceptors (Lipinski definition) is 2. The first-order valence-electron chi connectivity index (χ1n) is 3.23. The Morgan fingerprint density at radius 1 is 1.45 bits per heavy atom. The summed E-state index contributed by atoms with van der Waals surface area (Å²) in [5.41, 5.74) is 1.95. The van der Waals surface area contributed by atoms with Crippen molar-refractivity contribution in [1.29, 1.82) is 0 Å². The second-order valence-corrected chi connectivity index (χ2v) is 3.26. The van der Waals surface area contributed by atoms with Crippen LogP contribution in [0.5, 0.6) is 0 Å². The highest BCUT2D eigenvalue weighted by molar-refractivity contribution is 9.10. The zero-order chi connectivity index (χ0) is 7.84. The maximum atomic E-state index is 4.06. The minimum atomic E-state index is 0.872. The van der Waals surface area contributed by atoms with E-state index in [0.717, 1.165) is 15.8 Å². The highest BCUT2D eigenvalue weighted by Crippen LogP contribution is 2.13. The molecule has 56 valence electrons. The molecule has 0 aliphatic carbocycles. The molecular formula is C7H6BrN3. The van der Waals surface area contributed by atoms with Crippen LogP contribution in [0.25, 0.3) is 5.65 Å². The number of nitrogens with zero attached hydrogens (tertiary/aromatic N) is 3. The van der Waals surface area contributed by atoms with Gasteiger partial charge in [-0.05, 0) is 19.1 Å². The molecule has 3 nitrogen and oxygen atoms in total. The summed E-state index contributed by atoms with van der Waals surface area (Å²) in [5.74, 6) is 0. The second kappa shape index (κ2) is 2.30. The Balaban J connectivity index is 2.91. The number of aryl methyl sites for hydroxylation is 1. The van der Waals surface area contributed by atoms with Crippen molar-refractivity contribution in [2.24, 2.45) is 0 Å². The lowest BCUT2D eigenvalue weighted by Gasteiger charge is -1.97. The van der Waals surface area contributed by atoms with E-state index < -0.39 is 0 Å². The maximum absolute atomic E-state index is 4.06. The summed E-state index contributed by atoms with van der Waals surface area (Å²) in [4.78, 5) is 4.06. The molecule has 2 rings (SSSR count). The third-order valence-corrected chi connectivity index (χ3v) is 1.98. The molecule has 0 saturated heterocycles. The minimum Gasteiger partial charge on any atom is -0.218 e. The minimum absolute atomic E-state index is 0.872. The van der Waals surface area contributed by atoms with Crippen LogP contribution in [0.2, 0.25) is 0 Å². The highest BCUT2D eigenvalue weighted by atomic mass is 79.9. The molecule has 0 saturated carbocycles. The molecule has 0 bridgehead atoms. The number of pyridine rings is 1. The number of halogens is 1. The molecule has 0 aromatic carbocycles. The lowest BCUT2D eigenvalue weighted by Crippen LogP contribution is -1.92. The summed E-state index contributed by atoms with van der Waals surface area (Å²) in [6.45, 7) is 1.99. The predicted molar refractivity (Wildman–Crippen MR) is 45.4 cm³/mol. The average Bonchev–Trinajstić information content (AvgIpc) is 2.34. The van der Waals surface area contributed by atoms with Gasteiger partial charge in [0.15, 0.2) is 5.65 Å².